The first-order valence-corrected chi connectivity index (χ1v) is 11.1. The zero-order valence-electron chi connectivity index (χ0n) is 19.1. The molecule has 2 unspecified atom stereocenters. The number of carbonyl (C=O) groups excluding carboxylic acids is 2. The molecule has 0 bridgehead atoms. The van der Waals surface area contributed by atoms with Gasteiger partial charge in [-0.15, -0.1) is 0 Å². The highest BCUT2D eigenvalue weighted by molar-refractivity contribution is 5.84. The van der Waals surface area contributed by atoms with Crippen LogP contribution in [0.5, 0.6) is 0 Å². The van der Waals surface area contributed by atoms with Gasteiger partial charge in [0.2, 0.25) is 11.8 Å². The molecule has 0 aliphatic rings. The number of ether oxygens (including phenoxy) is 1. The molecule has 2 aromatic rings. The Morgan fingerprint density at radius 3 is 1.35 bits per heavy atom. The van der Waals surface area contributed by atoms with E-state index < -0.39 is 0 Å². The third kappa shape index (κ3) is 7.83. The lowest BCUT2D eigenvalue weighted by molar-refractivity contribution is -0.124. The Morgan fingerprint density at radius 2 is 1.03 bits per heavy atom. The van der Waals surface area contributed by atoms with Crippen molar-refractivity contribution >= 4 is 11.8 Å². The minimum absolute atomic E-state index is 0.0146. The number of carbonyl (C=O) groups is 2. The lowest BCUT2D eigenvalue weighted by atomic mass is 9.88. The molecular weight excluding hydrogens is 388 g/mol. The van der Waals surface area contributed by atoms with E-state index in [-0.39, 0.29) is 35.5 Å². The van der Waals surface area contributed by atoms with Gasteiger partial charge in [0, 0.05) is 13.1 Å². The molecular formula is C26H36N2O3. The molecule has 0 radical (unpaired) electrons. The molecule has 31 heavy (non-hydrogen) atoms. The van der Waals surface area contributed by atoms with Crippen LogP contribution in [0.3, 0.4) is 0 Å². The molecule has 2 aromatic carbocycles. The summed E-state index contributed by atoms with van der Waals surface area (Å²) in [6.07, 6.45) is 0. The molecule has 0 saturated carbocycles. The highest BCUT2D eigenvalue weighted by atomic mass is 16.5. The molecule has 2 atom stereocenters. The van der Waals surface area contributed by atoms with Crippen molar-refractivity contribution in [1.29, 1.82) is 0 Å². The van der Waals surface area contributed by atoms with Crippen molar-refractivity contribution in [2.45, 2.75) is 39.5 Å². The summed E-state index contributed by atoms with van der Waals surface area (Å²) in [5.41, 5.74) is 2.05. The van der Waals surface area contributed by atoms with Gasteiger partial charge in [-0.1, -0.05) is 88.4 Å². The molecule has 0 aromatic heterocycles. The van der Waals surface area contributed by atoms with Crippen molar-refractivity contribution in [2.75, 3.05) is 26.3 Å². The number of hydrogen-bond donors (Lipinski definition) is 2. The zero-order chi connectivity index (χ0) is 22.6. The highest BCUT2D eigenvalue weighted by Gasteiger charge is 2.24. The first-order chi connectivity index (χ1) is 14.9. The number of benzene rings is 2. The van der Waals surface area contributed by atoms with Crippen molar-refractivity contribution < 1.29 is 14.3 Å². The molecule has 0 aliphatic heterocycles. The monoisotopic (exact) mass is 424 g/mol. The smallest absolute Gasteiger partial charge is 0.227 e. The zero-order valence-corrected chi connectivity index (χ0v) is 19.1. The maximum atomic E-state index is 12.6. The second kappa shape index (κ2) is 12.9. The summed E-state index contributed by atoms with van der Waals surface area (Å²) >= 11 is 0. The summed E-state index contributed by atoms with van der Waals surface area (Å²) in [6.45, 7) is 9.92. The molecule has 5 heteroatoms. The highest BCUT2D eigenvalue weighted by Crippen LogP contribution is 2.25. The van der Waals surface area contributed by atoms with Crippen LogP contribution >= 0.6 is 0 Å². The van der Waals surface area contributed by atoms with Gasteiger partial charge in [0.05, 0.1) is 25.0 Å². The molecule has 0 heterocycles. The molecule has 0 saturated heterocycles. The molecule has 2 N–H and O–H groups in total. The van der Waals surface area contributed by atoms with Gasteiger partial charge >= 0.3 is 0 Å². The van der Waals surface area contributed by atoms with E-state index >= 15 is 0 Å². The van der Waals surface area contributed by atoms with Crippen LogP contribution < -0.4 is 10.6 Å². The van der Waals surface area contributed by atoms with Gasteiger partial charge in [-0.2, -0.15) is 0 Å². The topological polar surface area (TPSA) is 67.4 Å². The average Bonchev–Trinajstić information content (AvgIpc) is 2.74. The Kier molecular flexibility index (Phi) is 10.2. The largest absolute Gasteiger partial charge is 0.378 e. The van der Waals surface area contributed by atoms with Crippen molar-refractivity contribution in [2.24, 2.45) is 11.8 Å². The lowest BCUT2D eigenvalue weighted by Gasteiger charge is -2.21. The lowest BCUT2D eigenvalue weighted by Crippen LogP contribution is -2.36. The number of amides is 2. The number of rotatable bonds is 12. The van der Waals surface area contributed by atoms with Crippen LogP contribution in [0.15, 0.2) is 60.7 Å². The van der Waals surface area contributed by atoms with E-state index in [1.165, 1.54) is 0 Å². The first-order valence-electron chi connectivity index (χ1n) is 11.1. The van der Waals surface area contributed by atoms with Crippen LogP contribution in [-0.4, -0.2) is 38.1 Å². The van der Waals surface area contributed by atoms with E-state index in [4.69, 9.17) is 4.74 Å². The maximum Gasteiger partial charge on any atom is 0.227 e. The van der Waals surface area contributed by atoms with E-state index in [9.17, 15) is 9.59 Å². The Balaban J connectivity index is 1.69. The fourth-order valence-corrected chi connectivity index (χ4v) is 3.81. The van der Waals surface area contributed by atoms with Crippen LogP contribution in [0.1, 0.15) is 50.7 Å². The van der Waals surface area contributed by atoms with E-state index in [0.717, 1.165) is 11.1 Å². The van der Waals surface area contributed by atoms with Gasteiger partial charge in [0.1, 0.15) is 0 Å². The predicted molar refractivity (Wildman–Crippen MR) is 125 cm³/mol. The van der Waals surface area contributed by atoms with Gasteiger partial charge < -0.3 is 15.4 Å². The molecule has 2 rings (SSSR count). The van der Waals surface area contributed by atoms with Crippen LogP contribution in [0.25, 0.3) is 0 Å². The predicted octanol–water partition coefficient (Wildman–Crippen LogP) is 4.12. The number of hydrogen-bond acceptors (Lipinski definition) is 3. The second-order valence-electron chi connectivity index (χ2n) is 8.46. The third-order valence-corrected chi connectivity index (χ3v) is 5.31. The summed E-state index contributed by atoms with van der Waals surface area (Å²) < 4.78 is 5.60. The Labute approximate surface area is 186 Å². The standard InChI is InChI=1S/C26H36N2O3/c1-19(2)23(21-11-7-5-8-12-21)25(29)27-15-17-31-18-16-28-26(30)24(20(3)4)22-13-9-6-10-14-22/h5-14,19-20,23-24H,15-18H2,1-4H3,(H,27,29)(H,28,30). The third-order valence-electron chi connectivity index (χ3n) is 5.31. The van der Waals surface area contributed by atoms with Crippen molar-refractivity contribution in [3.8, 4) is 0 Å². The fraction of sp³-hybridized carbons (Fsp3) is 0.462. The summed E-state index contributed by atoms with van der Waals surface area (Å²) in [6, 6.07) is 19.7. The fourth-order valence-electron chi connectivity index (χ4n) is 3.81. The summed E-state index contributed by atoms with van der Waals surface area (Å²) in [5, 5.41) is 5.93. The molecule has 0 fully saturated rings. The van der Waals surface area contributed by atoms with E-state index in [1.54, 1.807) is 0 Å². The van der Waals surface area contributed by atoms with E-state index in [1.807, 2.05) is 60.7 Å². The summed E-state index contributed by atoms with van der Waals surface area (Å²) in [4.78, 5) is 25.2. The van der Waals surface area contributed by atoms with Crippen LogP contribution in [0.2, 0.25) is 0 Å². The van der Waals surface area contributed by atoms with E-state index in [0.29, 0.717) is 26.3 Å². The molecule has 0 spiro atoms. The quantitative estimate of drug-likeness (QED) is 0.504. The minimum Gasteiger partial charge on any atom is -0.378 e. The van der Waals surface area contributed by atoms with Gasteiger partial charge in [-0.05, 0) is 23.0 Å². The van der Waals surface area contributed by atoms with Gasteiger partial charge in [-0.3, -0.25) is 9.59 Å². The van der Waals surface area contributed by atoms with Crippen LogP contribution in [-0.2, 0) is 14.3 Å². The first kappa shape index (κ1) is 24.6. The SMILES string of the molecule is CC(C)C(C(=O)NCCOCCNC(=O)C(c1ccccc1)C(C)C)c1ccccc1. The Bertz CT molecular complexity index is 723. The minimum atomic E-state index is -0.175. The summed E-state index contributed by atoms with van der Waals surface area (Å²) in [5.74, 6) is 0.0912. The molecule has 0 aliphatic carbocycles. The van der Waals surface area contributed by atoms with Crippen LogP contribution in [0, 0.1) is 11.8 Å². The van der Waals surface area contributed by atoms with Gasteiger partial charge in [-0.25, -0.2) is 0 Å². The second-order valence-corrected chi connectivity index (χ2v) is 8.46. The van der Waals surface area contributed by atoms with Gasteiger partial charge in [0.15, 0.2) is 0 Å². The number of nitrogens with one attached hydrogen (secondary N) is 2. The summed E-state index contributed by atoms with van der Waals surface area (Å²) in [7, 11) is 0. The Morgan fingerprint density at radius 1 is 0.677 bits per heavy atom. The average molecular weight is 425 g/mol. The van der Waals surface area contributed by atoms with E-state index in [2.05, 4.69) is 38.3 Å². The molecule has 5 nitrogen and oxygen atoms in total. The van der Waals surface area contributed by atoms with Crippen LogP contribution in [0.4, 0.5) is 0 Å². The Hall–Kier alpha value is -2.66. The molecule has 2 amide bonds. The maximum absolute atomic E-state index is 12.6. The van der Waals surface area contributed by atoms with Crippen molar-refractivity contribution in [3.63, 3.8) is 0 Å². The normalized spacial score (nSPS) is 13.1. The molecule has 168 valence electrons. The van der Waals surface area contributed by atoms with Crippen molar-refractivity contribution in [1.82, 2.24) is 10.6 Å². The van der Waals surface area contributed by atoms with Crippen molar-refractivity contribution in [3.05, 3.63) is 71.8 Å². The van der Waals surface area contributed by atoms with Gasteiger partial charge in [0.25, 0.3) is 0 Å².